The van der Waals surface area contributed by atoms with Gasteiger partial charge in [-0.1, -0.05) is 91.0 Å². The SMILES string of the molecule is O=C(Cc1ccccc1)Nc1nc2n(n1)[C@H](c1ccccc1)C=C(c1ccccc1)N2. The molecule has 0 aliphatic carbocycles. The number of hydrogen-bond donors (Lipinski definition) is 2. The molecule has 6 nitrogen and oxygen atoms in total. The number of rotatable bonds is 5. The van der Waals surface area contributed by atoms with Crippen LogP contribution < -0.4 is 10.6 Å². The number of allylic oxidation sites excluding steroid dienone is 1. The van der Waals surface area contributed by atoms with Gasteiger partial charge in [-0.2, -0.15) is 4.98 Å². The van der Waals surface area contributed by atoms with E-state index in [4.69, 9.17) is 0 Å². The Kier molecular flexibility index (Phi) is 5.02. The molecule has 152 valence electrons. The Balaban J connectivity index is 1.44. The zero-order valence-corrected chi connectivity index (χ0v) is 16.8. The van der Waals surface area contributed by atoms with Gasteiger partial charge < -0.3 is 5.32 Å². The van der Waals surface area contributed by atoms with E-state index >= 15 is 0 Å². The lowest BCUT2D eigenvalue weighted by Crippen LogP contribution is -2.20. The van der Waals surface area contributed by atoms with E-state index in [2.05, 4.69) is 51.1 Å². The van der Waals surface area contributed by atoms with Gasteiger partial charge in [0, 0.05) is 5.70 Å². The van der Waals surface area contributed by atoms with Crippen LogP contribution in [0.3, 0.4) is 0 Å². The lowest BCUT2D eigenvalue weighted by molar-refractivity contribution is -0.115. The fourth-order valence-electron chi connectivity index (χ4n) is 3.67. The Labute approximate surface area is 180 Å². The van der Waals surface area contributed by atoms with Crippen LogP contribution in [0.4, 0.5) is 11.9 Å². The highest BCUT2D eigenvalue weighted by Crippen LogP contribution is 2.33. The molecule has 0 unspecified atom stereocenters. The molecule has 0 bridgehead atoms. The van der Waals surface area contributed by atoms with Gasteiger partial charge in [-0.15, -0.1) is 5.10 Å². The molecule has 1 aliphatic heterocycles. The van der Waals surface area contributed by atoms with Crippen LogP contribution in [-0.4, -0.2) is 20.7 Å². The molecule has 0 saturated heterocycles. The molecule has 1 aliphatic rings. The minimum Gasteiger partial charge on any atom is -0.324 e. The first kappa shape index (κ1) is 18.8. The van der Waals surface area contributed by atoms with E-state index in [9.17, 15) is 4.79 Å². The Morgan fingerprint density at radius 3 is 2.26 bits per heavy atom. The number of aromatic nitrogens is 3. The maximum atomic E-state index is 12.5. The number of benzene rings is 3. The predicted molar refractivity (Wildman–Crippen MR) is 121 cm³/mol. The van der Waals surface area contributed by atoms with Gasteiger partial charge in [-0.05, 0) is 22.8 Å². The Hall–Kier alpha value is -4.19. The standard InChI is InChI=1S/C25H21N5O/c31-23(16-18-10-4-1-5-11-18)27-24-28-25-26-21(19-12-6-2-7-13-19)17-22(30(25)29-24)20-14-8-3-9-15-20/h1-15,17,22H,16H2,(H2,26,27,28,29,31)/t22-/m0/s1. The molecule has 31 heavy (non-hydrogen) atoms. The van der Waals surface area contributed by atoms with Crippen LogP contribution in [0.1, 0.15) is 22.7 Å². The second-order valence-electron chi connectivity index (χ2n) is 7.34. The van der Waals surface area contributed by atoms with Crippen molar-refractivity contribution in [2.24, 2.45) is 0 Å². The summed E-state index contributed by atoms with van der Waals surface area (Å²) in [6.07, 6.45) is 2.40. The summed E-state index contributed by atoms with van der Waals surface area (Å²) < 4.78 is 1.81. The van der Waals surface area contributed by atoms with E-state index in [1.165, 1.54) is 0 Å². The summed E-state index contributed by atoms with van der Waals surface area (Å²) in [5.41, 5.74) is 4.05. The van der Waals surface area contributed by atoms with E-state index in [1.54, 1.807) is 4.68 Å². The second kappa shape index (κ2) is 8.28. The summed E-state index contributed by atoms with van der Waals surface area (Å²) in [6.45, 7) is 0. The van der Waals surface area contributed by atoms with Gasteiger partial charge in [0.1, 0.15) is 6.04 Å². The molecule has 0 radical (unpaired) electrons. The molecule has 0 spiro atoms. The minimum absolute atomic E-state index is 0.139. The van der Waals surface area contributed by atoms with Gasteiger partial charge in [-0.25, -0.2) is 4.68 Å². The second-order valence-corrected chi connectivity index (χ2v) is 7.34. The molecule has 0 fully saturated rings. The number of nitrogens with one attached hydrogen (secondary N) is 2. The normalized spacial score (nSPS) is 14.8. The van der Waals surface area contributed by atoms with Gasteiger partial charge >= 0.3 is 0 Å². The molecule has 6 heteroatoms. The van der Waals surface area contributed by atoms with E-state index in [1.807, 2.05) is 66.7 Å². The number of amides is 1. The monoisotopic (exact) mass is 407 g/mol. The van der Waals surface area contributed by atoms with Crippen molar-refractivity contribution >= 4 is 23.5 Å². The van der Waals surface area contributed by atoms with E-state index < -0.39 is 0 Å². The van der Waals surface area contributed by atoms with Crippen LogP contribution in [0, 0.1) is 0 Å². The Bertz CT molecular complexity index is 1220. The third-order valence-electron chi connectivity index (χ3n) is 5.15. The topological polar surface area (TPSA) is 71.8 Å². The zero-order valence-electron chi connectivity index (χ0n) is 16.8. The first-order valence-electron chi connectivity index (χ1n) is 10.2. The maximum Gasteiger partial charge on any atom is 0.250 e. The lowest BCUT2D eigenvalue weighted by atomic mass is 10.0. The molecular formula is C25H21N5O. The minimum atomic E-state index is -0.151. The molecular weight excluding hydrogens is 386 g/mol. The molecule has 2 heterocycles. The van der Waals surface area contributed by atoms with Crippen LogP contribution in [-0.2, 0) is 11.2 Å². The van der Waals surface area contributed by atoms with E-state index in [0.717, 1.165) is 22.4 Å². The van der Waals surface area contributed by atoms with E-state index in [-0.39, 0.29) is 24.3 Å². The summed E-state index contributed by atoms with van der Waals surface area (Å²) in [6, 6.07) is 29.7. The average Bonchev–Trinajstić information content (AvgIpc) is 3.22. The third-order valence-corrected chi connectivity index (χ3v) is 5.15. The van der Waals surface area contributed by atoms with Crippen molar-refractivity contribution in [3.63, 3.8) is 0 Å². The largest absolute Gasteiger partial charge is 0.324 e. The van der Waals surface area contributed by atoms with Crippen LogP contribution in [0.25, 0.3) is 5.70 Å². The first-order valence-corrected chi connectivity index (χ1v) is 10.2. The maximum absolute atomic E-state index is 12.5. The third kappa shape index (κ3) is 4.09. The molecule has 0 saturated carbocycles. The van der Waals surface area contributed by atoms with Crippen LogP contribution >= 0.6 is 0 Å². The molecule has 5 rings (SSSR count). The van der Waals surface area contributed by atoms with Gasteiger partial charge in [-0.3, -0.25) is 10.1 Å². The quantitative estimate of drug-likeness (QED) is 0.510. The highest BCUT2D eigenvalue weighted by atomic mass is 16.1. The van der Waals surface area contributed by atoms with Crippen molar-refractivity contribution in [3.05, 3.63) is 114 Å². The molecule has 4 aromatic rings. The average molecular weight is 407 g/mol. The van der Waals surface area contributed by atoms with Crippen LogP contribution in [0.2, 0.25) is 0 Å². The van der Waals surface area contributed by atoms with Crippen molar-refractivity contribution in [2.45, 2.75) is 12.5 Å². The zero-order chi connectivity index (χ0) is 21.0. The number of hydrogen-bond acceptors (Lipinski definition) is 4. The highest BCUT2D eigenvalue weighted by Gasteiger charge is 2.25. The van der Waals surface area contributed by atoms with Crippen molar-refractivity contribution < 1.29 is 4.79 Å². The number of carbonyl (C=O) groups is 1. The fraction of sp³-hybridized carbons (Fsp3) is 0.0800. The van der Waals surface area contributed by atoms with Gasteiger partial charge in [0.05, 0.1) is 6.42 Å². The number of anilines is 2. The highest BCUT2D eigenvalue weighted by molar-refractivity contribution is 5.91. The van der Waals surface area contributed by atoms with Crippen LogP contribution in [0.15, 0.2) is 97.1 Å². The van der Waals surface area contributed by atoms with Crippen molar-refractivity contribution in [1.29, 1.82) is 0 Å². The Morgan fingerprint density at radius 2 is 1.55 bits per heavy atom. The molecule has 3 aromatic carbocycles. The van der Waals surface area contributed by atoms with E-state index in [0.29, 0.717) is 5.95 Å². The lowest BCUT2D eigenvalue weighted by Gasteiger charge is -2.24. The fourth-order valence-corrected chi connectivity index (χ4v) is 3.67. The molecule has 1 aromatic heterocycles. The molecule has 1 atom stereocenters. The van der Waals surface area contributed by atoms with Crippen molar-refractivity contribution in [1.82, 2.24) is 14.8 Å². The predicted octanol–water partition coefficient (Wildman–Crippen LogP) is 4.52. The van der Waals surface area contributed by atoms with Crippen molar-refractivity contribution in [3.8, 4) is 0 Å². The van der Waals surface area contributed by atoms with Gasteiger partial charge in [0.2, 0.25) is 11.9 Å². The molecule has 1 amide bonds. The van der Waals surface area contributed by atoms with Gasteiger partial charge in [0.15, 0.2) is 0 Å². The number of carbonyl (C=O) groups excluding carboxylic acids is 1. The first-order chi connectivity index (χ1) is 15.3. The van der Waals surface area contributed by atoms with Crippen molar-refractivity contribution in [2.75, 3.05) is 10.6 Å². The number of fused-ring (bicyclic) bond motifs is 1. The smallest absolute Gasteiger partial charge is 0.250 e. The molecule has 2 N–H and O–H groups in total. The number of nitrogens with zero attached hydrogens (tertiary/aromatic N) is 3. The summed E-state index contributed by atoms with van der Waals surface area (Å²) in [4.78, 5) is 17.1. The summed E-state index contributed by atoms with van der Waals surface area (Å²) in [5, 5.41) is 10.8. The Morgan fingerprint density at radius 1 is 0.903 bits per heavy atom. The summed E-state index contributed by atoms with van der Waals surface area (Å²) in [5.74, 6) is 0.721. The van der Waals surface area contributed by atoms with Gasteiger partial charge in [0.25, 0.3) is 5.95 Å². The van der Waals surface area contributed by atoms with Crippen LogP contribution in [0.5, 0.6) is 0 Å². The summed E-state index contributed by atoms with van der Waals surface area (Å²) >= 11 is 0. The summed E-state index contributed by atoms with van der Waals surface area (Å²) in [7, 11) is 0.